The van der Waals surface area contributed by atoms with Crippen molar-refractivity contribution in [3.63, 3.8) is 0 Å². The topological polar surface area (TPSA) is 110 Å². The quantitative estimate of drug-likeness (QED) is 0.114. The molecule has 0 aliphatic carbocycles. The second-order valence-electron chi connectivity index (χ2n) is 15.5. The van der Waals surface area contributed by atoms with Crippen molar-refractivity contribution in [2.75, 3.05) is 13.7 Å². The molecule has 2 aliphatic heterocycles. The Balaban J connectivity index is 0.996. The zero-order chi connectivity index (χ0) is 43.2. The lowest BCUT2D eigenvalue weighted by Gasteiger charge is -2.42. The molecule has 1 unspecified atom stereocenters. The first-order chi connectivity index (χ1) is 30.2. The van der Waals surface area contributed by atoms with E-state index in [0.717, 1.165) is 50.9 Å². The van der Waals surface area contributed by atoms with Gasteiger partial charge in [-0.05, 0) is 106 Å². The maximum absolute atomic E-state index is 14.6. The van der Waals surface area contributed by atoms with Crippen molar-refractivity contribution >= 4 is 35.1 Å². The summed E-state index contributed by atoms with van der Waals surface area (Å²) >= 11 is 12.2. The highest BCUT2D eigenvalue weighted by Gasteiger charge is 2.39. The number of carbonyl (C=O) groups excluding carboxylic acids is 2. The Morgan fingerprint density at radius 2 is 1.53 bits per heavy atom. The van der Waals surface area contributed by atoms with Crippen molar-refractivity contribution in [1.29, 1.82) is 5.26 Å². The summed E-state index contributed by atoms with van der Waals surface area (Å²) in [6, 6.07) is 43.2. The number of hydrogen-bond acceptors (Lipinski definition) is 8. The Hall–Kier alpha value is -6.31. The number of nitrogens with zero attached hydrogens (tertiary/aromatic N) is 2. The first kappa shape index (κ1) is 42.4. The number of halogens is 2. The molecule has 0 spiro atoms. The Morgan fingerprint density at radius 1 is 0.839 bits per heavy atom. The van der Waals surface area contributed by atoms with Gasteiger partial charge in [0.05, 0.1) is 34.8 Å². The molecular weight excluding hydrogens is 821 g/mol. The second-order valence-corrected chi connectivity index (χ2v) is 16.3. The molecule has 62 heavy (non-hydrogen) atoms. The van der Waals surface area contributed by atoms with Crippen LogP contribution < -0.4 is 19.5 Å². The molecule has 4 atom stereocenters. The zero-order valence-electron chi connectivity index (χ0n) is 34.4. The van der Waals surface area contributed by atoms with E-state index in [-0.39, 0.29) is 24.5 Å². The van der Waals surface area contributed by atoms with Crippen LogP contribution in [0.15, 0.2) is 133 Å². The first-order valence-electron chi connectivity index (χ1n) is 20.6. The highest BCUT2D eigenvalue weighted by atomic mass is 35.5. The summed E-state index contributed by atoms with van der Waals surface area (Å²) in [5.41, 5.74) is 8.41. The normalized spacial score (nSPS) is 16.6. The molecule has 0 aromatic heterocycles. The minimum absolute atomic E-state index is 0.0789. The van der Waals surface area contributed by atoms with Gasteiger partial charge in [-0.1, -0.05) is 115 Å². The molecule has 6 aromatic carbocycles. The number of nitrogens with one attached hydrogen (secondary N) is 1. The Morgan fingerprint density at radius 3 is 2.21 bits per heavy atom. The van der Waals surface area contributed by atoms with Gasteiger partial charge in [0.1, 0.15) is 25.0 Å². The number of carbonyl (C=O) groups is 2. The standard InChI is InChI=1S/C51H45Cl2N3O6/c1-3-45(37-7-5-4-6-8-37)56-29-40-27-48-47(61-31-49(62-48)38-18-20-41(21-19-38)60-30-34-13-22-42(52)43(53)23-34)26-39(40)25-46(56)50(57)55-44(51(58)59-2)24-32-9-14-35(15-10-32)36-16-11-33(28-54)12-17-36/h4-23,26-27,44-46,49H,3,24-25,29-31H2,1-2H3,(H,55,57)/t44?,45-,46+,49-/m1/s1. The van der Waals surface area contributed by atoms with Gasteiger partial charge < -0.3 is 24.3 Å². The Bertz CT molecular complexity index is 2580. The highest BCUT2D eigenvalue weighted by Crippen LogP contribution is 2.43. The number of esters is 1. The number of ether oxygens (including phenoxy) is 4. The number of nitriles is 1. The predicted molar refractivity (Wildman–Crippen MR) is 239 cm³/mol. The van der Waals surface area contributed by atoms with E-state index in [1.807, 2.05) is 97.1 Å². The number of amides is 1. The van der Waals surface area contributed by atoms with Crippen LogP contribution in [0.1, 0.15) is 64.4 Å². The fourth-order valence-electron chi connectivity index (χ4n) is 8.23. The largest absolute Gasteiger partial charge is 0.489 e. The van der Waals surface area contributed by atoms with Crippen molar-refractivity contribution in [3.05, 3.63) is 182 Å². The van der Waals surface area contributed by atoms with Gasteiger partial charge in [-0.3, -0.25) is 9.69 Å². The number of methoxy groups -OCH3 is 1. The van der Waals surface area contributed by atoms with Crippen molar-refractivity contribution in [1.82, 2.24) is 10.2 Å². The fraction of sp³-hybridized carbons (Fsp3) is 0.235. The Kier molecular flexibility index (Phi) is 13.1. The van der Waals surface area contributed by atoms with Gasteiger partial charge >= 0.3 is 5.97 Å². The number of hydrogen-bond donors (Lipinski definition) is 1. The molecule has 2 heterocycles. The van der Waals surface area contributed by atoms with Crippen molar-refractivity contribution in [2.24, 2.45) is 0 Å². The van der Waals surface area contributed by atoms with Crippen LogP contribution in [-0.2, 0) is 40.3 Å². The van der Waals surface area contributed by atoms with Gasteiger partial charge in [-0.25, -0.2) is 4.79 Å². The molecule has 0 saturated heterocycles. The molecule has 0 bridgehead atoms. The van der Waals surface area contributed by atoms with Crippen molar-refractivity contribution in [3.8, 4) is 34.4 Å². The van der Waals surface area contributed by atoms with Crippen LogP contribution in [0.5, 0.6) is 17.2 Å². The lowest BCUT2D eigenvalue weighted by atomic mass is 9.89. The molecule has 8 rings (SSSR count). The van der Waals surface area contributed by atoms with Crippen molar-refractivity contribution < 1.29 is 28.5 Å². The molecule has 0 saturated carbocycles. The molecule has 6 aromatic rings. The van der Waals surface area contributed by atoms with Crippen LogP contribution in [0.3, 0.4) is 0 Å². The molecule has 11 heteroatoms. The molecule has 0 fully saturated rings. The zero-order valence-corrected chi connectivity index (χ0v) is 35.9. The summed E-state index contributed by atoms with van der Waals surface area (Å²) in [6.45, 7) is 3.27. The monoisotopic (exact) mass is 865 g/mol. The average molecular weight is 867 g/mol. The van der Waals surface area contributed by atoms with E-state index in [4.69, 9.17) is 42.1 Å². The third-order valence-corrected chi connectivity index (χ3v) is 12.3. The molecule has 1 amide bonds. The third kappa shape index (κ3) is 9.59. The molecule has 0 radical (unpaired) electrons. The van der Waals surface area contributed by atoms with E-state index in [0.29, 0.717) is 59.0 Å². The summed E-state index contributed by atoms with van der Waals surface area (Å²) in [7, 11) is 1.34. The number of benzene rings is 6. The summed E-state index contributed by atoms with van der Waals surface area (Å²) < 4.78 is 24.1. The lowest BCUT2D eigenvalue weighted by Crippen LogP contribution is -2.55. The van der Waals surface area contributed by atoms with E-state index >= 15 is 0 Å². The lowest BCUT2D eigenvalue weighted by molar-refractivity contribution is -0.146. The molecule has 314 valence electrons. The first-order valence-corrected chi connectivity index (χ1v) is 21.4. The van der Waals surface area contributed by atoms with Crippen LogP contribution in [-0.4, -0.2) is 42.6 Å². The SMILES string of the molecule is CC[C@H](c1ccccc1)N1Cc2cc3c(cc2C[C@H]1C(=O)NC(Cc1ccc(-c2ccc(C#N)cc2)cc1)C(=O)OC)OC[C@H](c1ccc(OCc2ccc(Cl)c(Cl)c2)cc1)O3. The summed E-state index contributed by atoms with van der Waals surface area (Å²) in [5, 5.41) is 13.2. The third-order valence-electron chi connectivity index (χ3n) is 11.6. The maximum atomic E-state index is 14.6. The van der Waals surface area contributed by atoms with E-state index in [9.17, 15) is 14.9 Å². The van der Waals surface area contributed by atoms with Gasteiger partial charge in [0.25, 0.3) is 0 Å². The van der Waals surface area contributed by atoms with E-state index in [1.54, 1.807) is 24.3 Å². The predicted octanol–water partition coefficient (Wildman–Crippen LogP) is 10.4. The van der Waals surface area contributed by atoms with E-state index in [2.05, 4.69) is 35.3 Å². The number of rotatable bonds is 13. The van der Waals surface area contributed by atoms with Crippen molar-refractivity contribution in [2.45, 2.75) is 63.6 Å². The summed E-state index contributed by atoms with van der Waals surface area (Å²) in [5.74, 6) is 1.20. The van der Waals surface area contributed by atoms with E-state index in [1.165, 1.54) is 7.11 Å². The second kappa shape index (κ2) is 19.2. The van der Waals surface area contributed by atoms with Gasteiger partial charge in [0.2, 0.25) is 5.91 Å². The van der Waals surface area contributed by atoms with E-state index < -0.39 is 18.1 Å². The summed E-state index contributed by atoms with van der Waals surface area (Å²) in [4.78, 5) is 30.1. The molecular formula is C51H45Cl2N3O6. The molecule has 2 aliphatic rings. The van der Waals surface area contributed by atoms with Crippen LogP contribution in [0.25, 0.3) is 11.1 Å². The number of fused-ring (bicyclic) bond motifs is 2. The average Bonchev–Trinajstić information content (AvgIpc) is 3.31. The molecule has 9 nitrogen and oxygen atoms in total. The Labute approximate surface area is 371 Å². The van der Waals surface area contributed by atoms with Gasteiger partial charge in [-0.15, -0.1) is 0 Å². The van der Waals surface area contributed by atoms with Crippen LogP contribution >= 0.6 is 23.2 Å². The minimum atomic E-state index is -0.909. The highest BCUT2D eigenvalue weighted by molar-refractivity contribution is 6.42. The van der Waals surface area contributed by atoms with Crippen LogP contribution in [0, 0.1) is 11.3 Å². The fourth-order valence-corrected chi connectivity index (χ4v) is 8.55. The molecule has 1 N–H and O–H groups in total. The van der Waals surface area contributed by atoms with Gasteiger partial charge in [-0.2, -0.15) is 5.26 Å². The van der Waals surface area contributed by atoms with Crippen LogP contribution in [0.2, 0.25) is 10.0 Å². The summed E-state index contributed by atoms with van der Waals surface area (Å²) in [6.07, 6.45) is 1.08. The van der Waals surface area contributed by atoms with Gasteiger partial charge in [0, 0.05) is 19.0 Å². The van der Waals surface area contributed by atoms with Crippen LogP contribution in [0.4, 0.5) is 0 Å². The minimum Gasteiger partial charge on any atom is -0.489 e. The smallest absolute Gasteiger partial charge is 0.328 e. The van der Waals surface area contributed by atoms with Gasteiger partial charge in [0.15, 0.2) is 17.6 Å². The maximum Gasteiger partial charge on any atom is 0.328 e.